The predicted molar refractivity (Wildman–Crippen MR) is 95.4 cm³/mol. The minimum absolute atomic E-state index is 0.0307. The molecule has 25 heavy (non-hydrogen) atoms. The molecule has 8 heteroatoms. The van der Waals surface area contributed by atoms with Crippen molar-refractivity contribution in [3.05, 3.63) is 28.2 Å². The van der Waals surface area contributed by atoms with E-state index in [1.807, 2.05) is 0 Å². The summed E-state index contributed by atoms with van der Waals surface area (Å²) in [6.07, 6.45) is -0.119. The van der Waals surface area contributed by atoms with Crippen LogP contribution < -0.4 is 5.32 Å². The molecule has 1 N–H and O–H groups in total. The molecule has 0 bridgehead atoms. The molecular weight excluding hydrogens is 394 g/mol. The van der Waals surface area contributed by atoms with Crippen LogP contribution in [-0.4, -0.2) is 44.3 Å². The van der Waals surface area contributed by atoms with Crippen molar-refractivity contribution in [2.75, 3.05) is 19.5 Å². The van der Waals surface area contributed by atoms with Gasteiger partial charge in [0.05, 0.1) is 31.6 Å². The number of hydrogen-bond donors (Lipinski definition) is 1. The lowest BCUT2D eigenvalue weighted by atomic mass is 10.1. The first-order chi connectivity index (χ1) is 11.8. The van der Waals surface area contributed by atoms with E-state index < -0.39 is 23.9 Å². The van der Waals surface area contributed by atoms with Gasteiger partial charge in [-0.05, 0) is 38.5 Å². The average molecular weight is 416 g/mol. The van der Waals surface area contributed by atoms with Crippen LogP contribution >= 0.6 is 15.9 Å². The second kappa shape index (κ2) is 10.0. The molecule has 0 aliphatic heterocycles. The van der Waals surface area contributed by atoms with Crippen LogP contribution in [0.5, 0.6) is 0 Å². The molecule has 0 saturated carbocycles. The molecule has 7 nitrogen and oxygen atoms in total. The Morgan fingerprint density at radius 1 is 1.16 bits per heavy atom. The first kappa shape index (κ1) is 21.0. The molecule has 0 aliphatic carbocycles. The third-order valence-electron chi connectivity index (χ3n) is 3.22. The fourth-order valence-corrected chi connectivity index (χ4v) is 2.40. The van der Waals surface area contributed by atoms with Crippen molar-refractivity contribution in [1.82, 2.24) is 0 Å². The third kappa shape index (κ3) is 6.74. The summed E-state index contributed by atoms with van der Waals surface area (Å²) in [5, 5.41) is 2.98. The van der Waals surface area contributed by atoms with E-state index in [1.54, 1.807) is 32.0 Å². The van der Waals surface area contributed by atoms with E-state index in [2.05, 4.69) is 26.0 Å². The zero-order chi connectivity index (χ0) is 19.0. The maximum absolute atomic E-state index is 12.3. The van der Waals surface area contributed by atoms with Gasteiger partial charge < -0.3 is 19.5 Å². The number of nitrogens with one attached hydrogen (secondary N) is 1. The molecule has 0 aromatic heterocycles. The summed E-state index contributed by atoms with van der Waals surface area (Å²) in [5.41, 5.74) is 0.669. The standard InChI is InChI=1S/C17H22BrNO6/c1-10(2)25-17(22)13(7-8-15(20)23-3)19-14-9-11(18)5-6-12(14)16(21)24-4/h5-6,9-10,13,19H,7-8H2,1-4H3. The Kier molecular flexibility index (Phi) is 8.40. The van der Waals surface area contributed by atoms with E-state index in [9.17, 15) is 14.4 Å². The molecule has 1 atom stereocenters. The Morgan fingerprint density at radius 2 is 1.84 bits per heavy atom. The highest BCUT2D eigenvalue weighted by Gasteiger charge is 2.24. The summed E-state index contributed by atoms with van der Waals surface area (Å²) in [4.78, 5) is 35.7. The zero-order valence-electron chi connectivity index (χ0n) is 14.6. The van der Waals surface area contributed by atoms with Crippen LogP contribution in [0.15, 0.2) is 22.7 Å². The minimum atomic E-state index is -0.820. The topological polar surface area (TPSA) is 90.9 Å². The van der Waals surface area contributed by atoms with E-state index >= 15 is 0 Å². The number of esters is 3. The molecule has 0 aliphatic rings. The molecule has 1 aromatic rings. The Labute approximate surface area is 155 Å². The van der Waals surface area contributed by atoms with Gasteiger partial charge in [0.1, 0.15) is 6.04 Å². The van der Waals surface area contributed by atoms with Crippen LogP contribution in [0.3, 0.4) is 0 Å². The van der Waals surface area contributed by atoms with E-state index in [0.717, 1.165) is 0 Å². The molecule has 0 amide bonds. The van der Waals surface area contributed by atoms with E-state index in [4.69, 9.17) is 9.47 Å². The predicted octanol–water partition coefficient (Wildman–Crippen LogP) is 2.92. The van der Waals surface area contributed by atoms with Crippen molar-refractivity contribution in [2.24, 2.45) is 0 Å². The fourth-order valence-electron chi connectivity index (χ4n) is 2.04. The number of hydrogen-bond acceptors (Lipinski definition) is 7. The van der Waals surface area contributed by atoms with Gasteiger partial charge in [0.15, 0.2) is 0 Å². The monoisotopic (exact) mass is 415 g/mol. The second-order valence-corrected chi connectivity index (χ2v) is 6.39. The van der Waals surface area contributed by atoms with Gasteiger partial charge in [-0.15, -0.1) is 0 Å². The average Bonchev–Trinajstić information content (AvgIpc) is 2.56. The lowest BCUT2D eigenvalue weighted by Gasteiger charge is -2.21. The summed E-state index contributed by atoms with van der Waals surface area (Å²) >= 11 is 3.33. The molecule has 0 spiro atoms. The van der Waals surface area contributed by atoms with Gasteiger partial charge >= 0.3 is 17.9 Å². The molecule has 1 aromatic carbocycles. The van der Waals surface area contributed by atoms with Crippen molar-refractivity contribution < 1.29 is 28.6 Å². The molecule has 0 heterocycles. The van der Waals surface area contributed by atoms with Gasteiger partial charge in [-0.2, -0.15) is 0 Å². The summed E-state index contributed by atoms with van der Waals surface area (Å²) in [6.45, 7) is 3.46. The summed E-state index contributed by atoms with van der Waals surface area (Å²) in [6, 6.07) is 4.09. The van der Waals surface area contributed by atoms with Gasteiger partial charge in [0.25, 0.3) is 0 Å². The highest BCUT2D eigenvalue weighted by atomic mass is 79.9. The summed E-state index contributed by atoms with van der Waals surface area (Å²) < 4.78 is 15.3. The van der Waals surface area contributed by atoms with Gasteiger partial charge in [0.2, 0.25) is 0 Å². The lowest BCUT2D eigenvalue weighted by Crippen LogP contribution is -2.34. The van der Waals surface area contributed by atoms with Crippen LogP contribution in [0.4, 0.5) is 5.69 Å². The van der Waals surface area contributed by atoms with Crippen molar-refractivity contribution in [3.8, 4) is 0 Å². The number of carbonyl (C=O) groups is 3. The number of carbonyl (C=O) groups excluding carboxylic acids is 3. The lowest BCUT2D eigenvalue weighted by molar-refractivity contribution is -0.148. The Hall–Kier alpha value is -2.09. The van der Waals surface area contributed by atoms with Crippen molar-refractivity contribution in [1.29, 1.82) is 0 Å². The zero-order valence-corrected chi connectivity index (χ0v) is 16.2. The van der Waals surface area contributed by atoms with Gasteiger partial charge in [0, 0.05) is 10.9 Å². The number of benzene rings is 1. The normalized spacial score (nSPS) is 11.6. The fraction of sp³-hybridized carbons (Fsp3) is 0.471. The van der Waals surface area contributed by atoms with Crippen LogP contribution in [0.25, 0.3) is 0 Å². The van der Waals surface area contributed by atoms with Crippen LogP contribution in [-0.2, 0) is 23.8 Å². The second-order valence-electron chi connectivity index (χ2n) is 5.48. The molecular formula is C17H22BrNO6. The SMILES string of the molecule is COC(=O)CCC(Nc1cc(Br)ccc1C(=O)OC)C(=O)OC(C)C. The first-order valence-electron chi connectivity index (χ1n) is 7.70. The number of halogens is 1. The Balaban J connectivity index is 3.07. The molecule has 1 unspecified atom stereocenters. The molecule has 0 saturated heterocycles. The summed E-state index contributed by atoms with van der Waals surface area (Å²) in [5.74, 6) is -1.50. The first-order valence-corrected chi connectivity index (χ1v) is 8.49. The largest absolute Gasteiger partial charge is 0.469 e. The van der Waals surface area contributed by atoms with Gasteiger partial charge in [-0.25, -0.2) is 9.59 Å². The maximum Gasteiger partial charge on any atom is 0.339 e. The van der Waals surface area contributed by atoms with Crippen LogP contribution in [0.2, 0.25) is 0 Å². The molecule has 138 valence electrons. The minimum Gasteiger partial charge on any atom is -0.469 e. The van der Waals surface area contributed by atoms with Gasteiger partial charge in [-0.1, -0.05) is 15.9 Å². The smallest absolute Gasteiger partial charge is 0.339 e. The van der Waals surface area contributed by atoms with Crippen molar-refractivity contribution >= 4 is 39.5 Å². The quantitative estimate of drug-likeness (QED) is 0.515. The highest BCUT2D eigenvalue weighted by Crippen LogP contribution is 2.24. The highest BCUT2D eigenvalue weighted by molar-refractivity contribution is 9.10. The Bertz CT molecular complexity index is 632. The number of methoxy groups -OCH3 is 2. The molecule has 1 rings (SSSR count). The van der Waals surface area contributed by atoms with E-state index in [-0.39, 0.29) is 24.5 Å². The maximum atomic E-state index is 12.3. The third-order valence-corrected chi connectivity index (χ3v) is 3.71. The number of rotatable bonds is 8. The van der Waals surface area contributed by atoms with E-state index in [1.165, 1.54) is 14.2 Å². The van der Waals surface area contributed by atoms with E-state index in [0.29, 0.717) is 10.2 Å². The van der Waals surface area contributed by atoms with Crippen molar-refractivity contribution in [3.63, 3.8) is 0 Å². The van der Waals surface area contributed by atoms with Crippen LogP contribution in [0.1, 0.15) is 37.0 Å². The number of ether oxygens (including phenoxy) is 3. The van der Waals surface area contributed by atoms with Crippen molar-refractivity contribution in [2.45, 2.75) is 38.8 Å². The van der Waals surface area contributed by atoms with Gasteiger partial charge in [-0.3, -0.25) is 4.79 Å². The number of anilines is 1. The summed E-state index contributed by atoms with van der Waals surface area (Å²) in [7, 11) is 2.55. The Morgan fingerprint density at radius 3 is 2.40 bits per heavy atom. The molecule has 0 fully saturated rings. The molecule has 0 radical (unpaired) electrons. The van der Waals surface area contributed by atoms with Crippen LogP contribution in [0, 0.1) is 0 Å².